The highest BCUT2D eigenvalue weighted by Gasteiger charge is 2.38. The molecule has 0 radical (unpaired) electrons. The molecule has 0 unspecified atom stereocenters. The molecular formula is C13H15ClN2O2. The van der Waals surface area contributed by atoms with Gasteiger partial charge in [0, 0.05) is 36.3 Å². The van der Waals surface area contributed by atoms with Crippen molar-refractivity contribution in [2.45, 2.75) is 12.3 Å². The van der Waals surface area contributed by atoms with Gasteiger partial charge in [-0.15, -0.1) is 0 Å². The van der Waals surface area contributed by atoms with Gasteiger partial charge in [-0.05, 0) is 36.1 Å². The number of hydrogen-bond donors (Lipinski definition) is 2. The Balaban J connectivity index is 1.97. The summed E-state index contributed by atoms with van der Waals surface area (Å²) in [7, 11) is 0. The van der Waals surface area contributed by atoms with Crippen molar-refractivity contribution in [3.8, 4) is 0 Å². The summed E-state index contributed by atoms with van der Waals surface area (Å²) >= 11 is 6.06. The lowest BCUT2D eigenvalue weighted by Crippen LogP contribution is -2.27. The molecule has 0 aromatic heterocycles. The Hall–Kier alpha value is -1.42. The summed E-state index contributed by atoms with van der Waals surface area (Å²) in [4.78, 5) is 12.6. The first-order chi connectivity index (χ1) is 8.65. The number of amides is 1. The molecule has 2 aliphatic rings. The minimum atomic E-state index is -0.820. The standard InChI is InChI=1S/C13H15ClN2O2/c14-9-1-2-12-10(5-9)11-7-16(13(17)18)6-8(11)3-4-15-12/h1-2,5,8,11,15H,3-4,6-7H2,(H,17,18)/t8-,11-/m1/s1. The van der Waals surface area contributed by atoms with E-state index < -0.39 is 6.09 Å². The molecule has 2 atom stereocenters. The largest absolute Gasteiger partial charge is 0.465 e. The fourth-order valence-electron chi connectivity index (χ4n) is 3.07. The fraction of sp³-hybridized carbons (Fsp3) is 0.462. The number of nitrogens with one attached hydrogen (secondary N) is 1. The minimum Gasteiger partial charge on any atom is -0.465 e. The third-order valence-corrected chi connectivity index (χ3v) is 4.19. The van der Waals surface area contributed by atoms with Crippen LogP contribution in [0.5, 0.6) is 0 Å². The molecule has 96 valence electrons. The van der Waals surface area contributed by atoms with Gasteiger partial charge < -0.3 is 15.3 Å². The second kappa shape index (κ2) is 4.35. The molecule has 0 saturated carbocycles. The van der Waals surface area contributed by atoms with Gasteiger partial charge in [-0.3, -0.25) is 0 Å². The van der Waals surface area contributed by atoms with E-state index in [1.807, 2.05) is 18.2 Å². The number of likely N-dealkylation sites (tertiary alicyclic amines) is 1. The van der Waals surface area contributed by atoms with Crippen LogP contribution in [0.15, 0.2) is 18.2 Å². The first-order valence-electron chi connectivity index (χ1n) is 6.16. The Morgan fingerprint density at radius 1 is 1.44 bits per heavy atom. The molecule has 18 heavy (non-hydrogen) atoms. The number of hydrogen-bond acceptors (Lipinski definition) is 2. The second-order valence-electron chi connectivity index (χ2n) is 5.00. The molecule has 1 fully saturated rings. The maximum atomic E-state index is 11.1. The summed E-state index contributed by atoms with van der Waals surface area (Å²) in [6.07, 6.45) is 0.181. The summed E-state index contributed by atoms with van der Waals surface area (Å²) in [5.41, 5.74) is 2.26. The summed E-state index contributed by atoms with van der Waals surface area (Å²) in [6.45, 7) is 2.10. The first-order valence-corrected chi connectivity index (χ1v) is 6.54. The average molecular weight is 267 g/mol. The monoisotopic (exact) mass is 266 g/mol. The number of nitrogens with zero attached hydrogens (tertiary/aromatic N) is 1. The van der Waals surface area contributed by atoms with Crippen molar-refractivity contribution < 1.29 is 9.90 Å². The number of rotatable bonds is 0. The highest BCUT2D eigenvalue weighted by molar-refractivity contribution is 6.30. The van der Waals surface area contributed by atoms with Crippen LogP contribution in [0.2, 0.25) is 5.02 Å². The normalized spacial score (nSPS) is 25.9. The van der Waals surface area contributed by atoms with E-state index in [1.165, 1.54) is 4.90 Å². The van der Waals surface area contributed by atoms with E-state index in [0.717, 1.165) is 24.2 Å². The number of anilines is 1. The zero-order chi connectivity index (χ0) is 12.7. The predicted molar refractivity (Wildman–Crippen MR) is 70.4 cm³/mol. The van der Waals surface area contributed by atoms with Crippen LogP contribution in [-0.4, -0.2) is 35.7 Å². The molecule has 2 heterocycles. The van der Waals surface area contributed by atoms with Crippen molar-refractivity contribution >= 4 is 23.4 Å². The van der Waals surface area contributed by atoms with Crippen LogP contribution in [0.1, 0.15) is 17.9 Å². The lowest BCUT2D eigenvalue weighted by Gasteiger charge is -2.16. The van der Waals surface area contributed by atoms with Gasteiger partial charge in [0.2, 0.25) is 0 Å². The summed E-state index contributed by atoms with van der Waals surface area (Å²) in [5, 5.41) is 13.2. The maximum Gasteiger partial charge on any atom is 0.407 e. The molecule has 5 heteroatoms. The van der Waals surface area contributed by atoms with E-state index in [1.54, 1.807) is 0 Å². The fourth-order valence-corrected chi connectivity index (χ4v) is 3.25. The Morgan fingerprint density at radius 2 is 2.28 bits per heavy atom. The van der Waals surface area contributed by atoms with Crippen LogP contribution in [-0.2, 0) is 0 Å². The van der Waals surface area contributed by atoms with E-state index in [-0.39, 0.29) is 5.92 Å². The van der Waals surface area contributed by atoms with Crippen LogP contribution in [0.3, 0.4) is 0 Å². The van der Waals surface area contributed by atoms with Crippen LogP contribution < -0.4 is 5.32 Å². The van der Waals surface area contributed by atoms with Gasteiger partial charge in [0.05, 0.1) is 0 Å². The molecule has 3 rings (SSSR count). The summed E-state index contributed by atoms with van der Waals surface area (Å²) in [5.74, 6) is 0.665. The quantitative estimate of drug-likeness (QED) is 0.759. The van der Waals surface area contributed by atoms with Crippen molar-refractivity contribution in [1.82, 2.24) is 4.90 Å². The molecule has 2 N–H and O–H groups in total. The third-order valence-electron chi connectivity index (χ3n) is 3.96. The topological polar surface area (TPSA) is 52.6 Å². The maximum absolute atomic E-state index is 11.1. The second-order valence-corrected chi connectivity index (χ2v) is 5.44. The van der Waals surface area contributed by atoms with Crippen LogP contribution in [0, 0.1) is 5.92 Å². The molecule has 4 nitrogen and oxygen atoms in total. The SMILES string of the molecule is O=C(O)N1C[C@H]2CCNc3ccc(Cl)cc3[C@@H]2C1. The highest BCUT2D eigenvalue weighted by atomic mass is 35.5. The number of fused-ring (bicyclic) bond motifs is 3. The van der Waals surface area contributed by atoms with Gasteiger partial charge >= 0.3 is 6.09 Å². The van der Waals surface area contributed by atoms with Gasteiger partial charge in [-0.25, -0.2) is 4.79 Å². The zero-order valence-corrected chi connectivity index (χ0v) is 10.7. The van der Waals surface area contributed by atoms with Gasteiger partial charge in [0.15, 0.2) is 0 Å². The van der Waals surface area contributed by atoms with Crippen molar-refractivity contribution in [1.29, 1.82) is 0 Å². The lowest BCUT2D eigenvalue weighted by atomic mass is 9.87. The lowest BCUT2D eigenvalue weighted by molar-refractivity contribution is 0.153. The number of benzene rings is 1. The zero-order valence-electron chi connectivity index (χ0n) is 9.90. The first kappa shape index (κ1) is 11.7. The van der Waals surface area contributed by atoms with E-state index in [0.29, 0.717) is 24.0 Å². The molecule has 0 aliphatic carbocycles. The number of halogens is 1. The van der Waals surface area contributed by atoms with Gasteiger partial charge in [-0.2, -0.15) is 0 Å². The summed E-state index contributed by atoms with van der Waals surface area (Å²) < 4.78 is 0. The van der Waals surface area contributed by atoms with E-state index >= 15 is 0 Å². The molecule has 1 aromatic carbocycles. The average Bonchev–Trinajstić information content (AvgIpc) is 2.68. The Labute approximate surface area is 111 Å². The Bertz CT molecular complexity index is 492. The molecule has 1 saturated heterocycles. The number of carboxylic acid groups (broad SMARTS) is 1. The van der Waals surface area contributed by atoms with Crippen molar-refractivity contribution in [3.05, 3.63) is 28.8 Å². The Kier molecular flexibility index (Phi) is 2.82. The summed E-state index contributed by atoms with van der Waals surface area (Å²) in [6, 6.07) is 5.83. The molecule has 0 bridgehead atoms. The van der Waals surface area contributed by atoms with Crippen molar-refractivity contribution in [2.75, 3.05) is 25.0 Å². The molecule has 1 amide bonds. The van der Waals surface area contributed by atoms with Crippen molar-refractivity contribution in [3.63, 3.8) is 0 Å². The smallest absolute Gasteiger partial charge is 0.407 e. The van der Waals surface area contributed by atoms with Crippen molar-refractivity contribution in [2.24, 2.45) is 5.92 Å². The third kappa shape index (κ3) is 1.90. The number of carbonyl (C=O) groups is 1. The molecule has 2 aliphatic heterocycles. The highest BCUT2D eigenvalue weighted by Crippen LogP contribution is 2.41. The Morgan fingerprint density at radius 3 is 3.06 bits per heavy atom. The molecule has 0 spiro atoms. The van der Waals surface area contributed by atoms with E-state index in [2.05, 4.69) is 5.32 Å². The van der Waals surface area contributed by atoms with E-state index in [4.69, 9.17) is 16.7 Å². The van der Waals surface area contributed by atoms with Crippen LogP contribution in [0.25, 0.3) is 0 Å². The molecular weight excluding hydrogens is 252 g/mol. The molecule has 1 aromatic rings. The van der Waals surface area contributed by atoms with Gasteiger partial charge in [0.1, 0.15) is 0 Å². The van der Waals surface area contributed by atoms with E-state index in [9.17, 15) is 4.79 Å². The van der Waals surface area contributed by atoms with Gasteiger partial charge in [0.25, 0.3) is 0 Å². The van der Waals surface area contributed by atoms with Crippen LogP contribution in [0.4, 0.5) is 10.5 Å². The van der Waals surface area contributed by atoms with Gasteiger partial charge in [-0.1, -0.05) is 11.6 Å². The van der Waals surface area contributed by atoms with Crippen LogP contribution >= 0.6 is 11.6 Å². The minimum absolute atomic E-state index is 0.268. The predicted octanol–water partition coefficient (Wildman–Crippen LogP) is 2.85.